The Morgan fingerprint density at radius 1 is 1.62 bits per heavy atom. The van der Waals surface area contributed by atoms with Crippen molar-refractivity contribution in [3.8, 4) is 0 Å². The maximum atomic E-state index is 10.5. The normalized spacial score (nSPS) is 9.31. The molecule has 0 fully saturated rings. The van der Waals surface area contributed by atoms with Crippen molar-refractivity contribution in [3.63, 3.8) is 0 Å². The number of aldehydes is 1. The number of anilines is 1. The summed E-state index contributed by atoms with van der Waals surface area (Å²) < 4.78 is 0. The highest BCUT2D eigenvalue weighted by atomic mass is 16.4. The van der Waals surface area contributed by atoms with E-state index >= 15 is 0 Å². The first-order chi connectivity index (χ1) is 6.15. The smallest absolute Gasteiger partial charge is 0.411 e. The number of aromatic nitrogens is 1. The molecule has 1 heterocycles. The summed E-state index contributed by atoms with van der Waals surface area (Å²) in [5.41, 5.74) is 0.725. The molecule has 0 aliphatic heterocycles. The Kier molecular flexibility index (Phi) is 2.59. The Morgan fingerprint density at radius 2 is 2.31 bits per heavy atom. The molecule has 0 aliphatic carbocycles. The second-order valence-electron chi connectivity index (χ2n) is 2.44. The topological polar surface area (TPSA) is 70.5 Å². The average Bonchev–Trinajstić information content (AvgIpc) is 2.16. The van der Waals surface area contributed by atoms with Crippen molar-refractivity contribution in [3.05, 3.63) is 24.0 Å². The molecule has 0 aliphatic rings. The van der Waals surface area contributed by atoms with Crippen molar-refractivity contribution in [2.24, 2.45) is 0 Å². The molecule has 1 aromatic heterocycles. The van der Waals surface area contributed by atoms with Gasteiger partial charge >= 0.3 is 6.09 Å². The summed E-state index contributed by atoms with van der Waals surface area (Å²) in [6.45, 7) is 0. The standard InChI is InChI=1S/C8H8N2O3/c1-10(8(12)13)7-2-6(5-11)3-9-4-7/h2-5H,1H3,(H,12,13). The maximum absolute atomic E-state index is 10.5. The molecule has 1 amide bonds. The molecule has 0 atom stereocenters. The van der Waals surface area contributed by atoms with Crippen molar-refractivity contribution in [2.75, 3.05) is 11.9 Å². The first kappa shape index (κ1) is 9.18. The van der Waals surface area contributed by atoms with Crippen LogP contribution < -0.4 is 4.90 Å². The molecule has 0 unspecified atom stereocenters. The molecule has 0 aromatic carbocycles. The molecule has 5 nitrogen and oxygen atoms in total. The largest absolute Gasteiger partial charge is 0.465 e. The summed E-state index contributed by atoms with van der Waals surface area (Å²) in [6.07, 6.45) is 2.27. The van der Waals surface area contributed by atoms with Crippen LogP contribution >= 0.6 is 0 Å². The van der Waals surface area contributed by atoms with Crippen LogP contribution in [0.1, 0.15) is 10.4 Å². The van der Waals surface area contributed by atoms with Crippen LogP contribution in [0.25, 0.3) is 0 Å². The van der Waals surface area contributed by atoms with Gasteiger partial charge in [-0.05, 0) is 6.07 Å². The molecule has 1 rings (SSSR count). The van der Waals surface area contributed by atoms with E-state index in [-0.39, 0.29) is 0 Å². The molecule has 1 aromatic rings. The lowest BCUT2D eigenvalue weighted by Crippen LogP contribution is -2.23. The van der Waals surface area contributed by atoms with E-state index in [1.807, 2.05) is 0 Å². The third kappa shape index (κ3) is 2.02. The second kappa shape index (κ2) is 3.66. The molecular weight excluding hydrogens is 172 g/mol. The minimum atomic E-state index is -1.09. The van der Waals surface area contributed by atoms with Crippen LogP contribution in [0.2, 0.25) is 0 Å². The number of carbonyl (C=O) groups excluding carboxylic acids is 1. The van der Waals surface area contributed by atoms with Gasteiger partial charge in [-0.2, -0.15) is 0 Å². The van der Waals surface area contributed by atoms with E-state index in [0.29, 0.717) is 17.5 Å². The van der Waals surface area contributed by atoms with E-state index in [9.17, 15) is 9.59 Å². The molecule has 5 heteroatoms. The van der Waals surface area contributed by atoms with Gasteiger partial charge in [0.25, 0.3) is 0 Å². The third-order valence-corrected chi connectivity index (χ3v) is 1.56. The highest BCUT2D eigenvalue weighted by Crippen LogP contribution is 2.11. The lowest BCUT2D eigenvalue weighted by atomic mass is 10.3. The fourth-order valence-electron chi connectivity index (χ4n) is 0.803. The van der Waals surface area contributed by atoms with E-state index in [1.54, 1.807) is 0 Å². The summed E-state index contributed by atoms with van der Waals surface area (Å²) in [4.78, 5) is 25.6. The first-order valence-corrected chi connectivity index (χ1v) is 3.52. The fraction of sp³-hybridized carbons (Fsp3) is 0.125. The summed E-state index contributed by atoms with van der Waals surface area (Å²) in [7, 11) is 1.38. The SMILES string of the molecule is CN(C(=O)O)c1cncc(C=O)c1. The Labute approximate surface area is 74.6 Å². The molecule has 0 saturated heterocycles. The summed E-state index contributed by atoms with van der Waals surface area (Å²) in [5.74, 6) is 0. The quantitative estimate of drug-likeness (QED) is 0.689. The zero-order valence-corrected chi connectivity index (χ0v) is 6.97. The lowest BCUT2D eigenvalue weighted by molar-refractivity contribution is 0.112. The van der Waals surface area contributed by atoms with Crippen LogP contribution in [0.15, 0.2) is 18.5 Å². The molecule has 1 N–H and O–H groups in total. The number of amides is 1. The molecule has 13 heavy (non-hydrogen) atoms. The predicted octanol–water partition coefficient (Wildman–Crippen LogP) is 1.01. The number of carbonyl (C=O) groups is 2. The average molecular weight is 180 g/mol. The van der Waals surface area contributed by atoms with E-state index < -0.39 is 6.09 Å². The first-order valence-electron chi connectivity index (χ1n) is 3.52. The molecule has 0 saturated carbocycles. The monoisotopic (exact) mass is 180 g/mol. The van der Waals surface area contributed by atoms with Crippen LogP contribution in [0.5, 0.6) is 0 Å². The number of pyridine rings is 1. The molecule has 0 bridgehead atoms. The van der Waals surface area contributed by atoms with Gasteiger partial charge in [0, 0.05) is 18.8 Å². The molecular formula is C8H8N2O3. The molecule has 0 radical (unpaired) electrons. The number of nitrogens with zero attached hydrogens (tertiary/aromatic N) is 2. The number of hydrogen-bond donors (Lipinski definition) is 1. The predicted molar refractivity (Wildman–Crippen MR) is 46.1 cm³/mol. The van der Waals surface area contributed by atoms with Crippen molar-refractivity contribution >= 4 is 18.1 Å². The Hall–Kier alpha value is -1.91. The van der Waals surface area contributed by atoms with Gasteiger partial charge in [0.15, 0.2) is 6.29 Å². The van der Waals surface area contributed by atoms with E-state index in [4.69, 9.17) is 5.11 Å². The molecule has 0 spiro atoms. The van der Waals surface area contributed by atoms with Crippen molar-refractivity contribution in [1.82, 2.24) is 4.98 Å². The minimum Gasteiger partial charge on any atom is -0.465 e. The summed E-state index contributed by atoms with van der Waals surface area (Å²) in [6, 6.07) is 1.45. The van der Waals surface area contributed by atoms with Gasteiger partial charge in [-0.15, -0.1) is 0 Å². The van der Waals surface area contributed by atoms with Gasteiger partial charge in [0.1, 0.15) is 0 Å². The fourth-order valence-corrected chi connectivity index (χ4v) is 0.803. The second-order valence-corrected chi connectivity index (χ2v) is 2.44. The van der Waals surface area contributed by atoms with Gasteiger partial charge in [-0.1, -0.05) is 0 Å². The highest BCUT2D eigenvalue weighted by Gasteiger charge is 2.08. The summed E-state index contributed by atoms with van der Waals surface area (Å²) >= 11 is 0. The van der Waals surface area contributed by atoms with Crippen LogP contribution in [0, 0.1) is 0 Å². The van der Waals surface area contributed by atoms with Gasteiger partial charge in [0.2, 0.25) is 0 Å². The van der Waals surface area contributed by atoms with Gasteiger partial charge in [-0.3, -0.25) is 14.7 Å². The van der Waals surface area contributed by atoms with Crippen LogP contribution in [0.4, 0.5) is 10.5 Å². The van der Waals surface area contributed by atoms with E-state index in [0.717, 1.165) is 4.90 Å². The van der Waals surface area contributed by atoms with Gasteiger partial charge < -0.3 is 5.11 Å². The van der Waals surface area contributed by atoms with Crippen molar-refractivity contribution in [2.45, 2.75) is 0 Å². The number of carboxylic acid groups (broad SMARTS) is 1. The van der Waals surface area contributed by atoms with Gasteiger partial charge in [-0.25, -0.2) is 4.79 Å². The zero-order chi connectivity index (χ0) is 9.84. The van der Waals surface area contributed by atoms with E-state index in [2.05, 4.69) is 4.98 Å². The lowest BCUT2D eigenvalue weighted by Gasteiger charge is -2.11. The van der Waals surface area contributed by atoms with Crippen molar-refractivity contribution in [1.29, 1.82) is 0 Å². The van der Waals surface area contributed by atoms with Crippen LogP contribution in [-0.2, 0) is 0 Å². The minimum absolute atomic E-state index is 0.352. The van der Waals surface area contributed by atoms with Crippen molar-refractivity contribution < 1.29 is 14.7 Å². The Balaban J connectivity index is 3.01. The number of rotatable bonds is 2. The molecule has 68 valence electrons. The van der Waals surface area contributed by atoms with E-state index in [1.165, 1.54) is 25.5 Å². The maximum Gasteiger partial charge on any atom is 0.411 e. The highest BCUT2D eigenvalue weighted by molar-refractivity contribution is 5.86. The zero-order valence-electron chi connectivity index (χ0n) is 6.97. The van der Waals surface area contributed by atoms with Crippen LogP contribution in [-0.4, -0.2) is 29.5 Å². The number of hydrogen-bond acceptors (Lipinski definition) is 3. The summed E-state index contributed by atoms with van der Waals surface area (Å²) in [5, 5.41) is 8.61. The third-order valence-electron chi connectivity index (χ3n) is 1.56. The van der Waals surface area contributed by atoms with Crippen LogP contribution in [0.3, 0.4) is 0 Å². The Morgan fingerprint density at radius 3 is 2.85 bits per heavy atom. The van der Waals surface area contributed by atoms with Gasteiger partial charge in [0.05, 0.1) is 11.9 Å². The Bertz CT molecular complexity index is 338.